The number of benzene rings is 4. The van der Waals surface area contributed by atoms with Crippen LogP contribution in [0.5, 0.6) is 0 Å². The number of likely N-dealkylation sites (N-methyl/N-ethyl adjacent to an activating group) is 2. The molecule has 0 spiro atoms. The topological polar surface area (TPSA) is 327 Å². The lowest BCUT2D eigenvalue weighted by molar-refractivity contribution is -0.918. The van der Waals surface area contributed by atoms with Crippen molar-refractivity contribution in [1.29, 1.82) is 0 Å². The molecule has 33 heteroatoms. The molecule has 0 fully saturated rings. The second-order valence-electron chi connectivity index (χ2n) is 22.3. The first-order valence-electron chi connectivity index (χ1n) is 28.4. The maximum Gasteiger partial charge on any atom is 0.416 e. The predicted octanol–water partition coefficient (Wildman–Crippen LogP) is 2.44. The number of nitrogens with one attached hydrogen (secondary N) is 4. The summed E-state index contributed by atoms with van der Waals surface area (Å²) in [4.78, 5) is 59.7. The average Bonchev–Trinajstić information content (AvgIpc) is 1.33. The van der Waals surface area contributed by atoms with E-state index in [1.165, 1.54) is 0 Å². The highest BCUT2D eigenvalue weighted by molar-refractivity contribution is 5.94. The normalized spacial score (nSPS) is 13.0. The molecule has 0 saturated carbocycles. The first kappa shape index (κ1) is 97.4. The number of nitrogens with zero attached hydrogens (tertiary/aromatic N) is 2. The third-order valence-electron chi connectivity index (χ3n) is 15.3. The number of amides is 2. The highest BCUT2D eigenvalue weighted by Crippen LogP contribution is 2.32. The van der Waals surface area contributed by atoms with Crippen LogP contribution < -0.4 is 55.0 Å². The fourth-order valence-electron chi connectivity index (χ4n) is 10.4. The van der Waals surface area contributed by atoms with Crippen molar-refractivity contribution in [1.82, 2.24) is 10.6 Å². The van der Waals surface area contributed by atoms with Crippen LogP contribution in [-0.2, 0) is 44.4 Å². The number of quaternary nitrogens is 8. The van der Waals surface area contributed by atoms with Gasteiger partial charge in [-0.25, -0.2) is 9.97 Å². The number of hydrogen-bond donors (Lipinski definition) is 10. The van der Waals surface area contributed by atoms with Crippen LogP contribution >= 0.6 is 112 Å². The molecule has 0 saturated heterocycles. The molecular formula is C60H97Cl9F6N12O6+10. The number of rotatable bonds is 30. The number of ketones is 2. The molecule has 4 aromatic carbocycles. The summed E-state index contributed by atoms with van der Waals surface area (Å²) < 4.78 is 80.1. The van der Waals surface area contributed by atoms with E-state index in [4.69, 9.17) is 0 Å². The molecule has 18 nitrogen and oxygen atoms in total. The lowest BCUT2D eigenvalue weighted by Gasteiger charge is -2.32. The zero-order chi connectivity index (χ0) is 61.8. The van der Waals surface area contributed by atoms with E-state index in [-0.39, 0.29) is 136 Å². The number of carbonyl (C=O) groups is 4. The van der Waals surface area contributed by atoms with Crippen molar-refractivity contribution in [3.05, 3.63) is 155 Å². The molecule has 24 N–H and O–H groups in total. The summed E-state index contributed by atoms with van der Waals surface area (Å²) >= 11 is 0. The number of aliphatic hydroxyl groups excluding tert-OH is 2. The Morgan fingerprint density at radius 1 is 0.473 bits per heavy atom. The van der Waals surface area contributed by atoms with Gasteiger partial charge < -0.3 is 64.2 Å². The summed E-state index contributed by atoms with van der Waals surface area (Å²) in [5.41, 5.74) is 25.2. The number of aliphatic hydroxyl groups is 2. The molecule has 2 heterocycles. The van der Waals surface area contributed by atoms with Crippen LogP contribution in [-0.4, -0.2) is 146 Å². The third kappa shape index (κ3) is 30.4. The van der Waals surface area contributed by atoms with Crippen molar-refractivity contribution in [3.63, 3.8) is 0 Å². The van der Waals surface area contributed by atoms with E-state index >= 15 is 0 Å². The van der Waals surface area contributed by atoms with E-state index in [9.17, 15) is 55.7 Å². The average molecular weight is 1520 g/mol. The number of aromatic nitrogens is 2. The van der Waals surface area contributed by atoms with Gasteiger partial charge in [-0.05, 0) is 59.7 Å². The number of hydrogen-bond acceptors (Lipinski definition) is 6. The number of aromatic amines is 2. The van der Waals surface area contributed by atoms with E-state index < -0.39 is 83.2 Å². The lowest BCUT2D eigenvalue weighted by atomic mass is 9.94. The van der Waals surface area contributed by atoms with Gasteiger partial charge in [0.25, 0.3) is 11.8 Å². The quantitative estimate of drug-likeness (QED) is 0.0238. The largest absolute Gasteiger partial charge is 0.416 e. The van der Waals surface area contributed by atoms with E-state index in [0.29, 0.717) is 36.8 Å². The van der Waals surface area contributed by atoms with Crippen LogP contribution in [0.3, 0.4) is 0 Å². The van der Waals surface area contributed by atoms with Gasteiger partial charge in [-0.3, -0.25) is 19.2 Å². The molecular weight excluding hydrogens is 1420 g/mol. The molecule has 6 aromatic rings. The summed E-state index contributed by atoms with van der Waals surface area (Å²) in [6.07, 6.45) is -6.72. The van der Waals surface area contributed by atoms with Gasteiger partial charge in [-0.15, -0.1) is 112 Å². The molecule has 6 atom stereocenters. The molecule has 0 radical (unpaired) electrons. The number of pyridine rings is 2. The number of fused-ring (bicyclic) bond motifs is 2. The van der Waals surface area contributed by atoms with Crippen molar-refractivity contribution in [3.8, 4) is 0 Å². The van der Waals surface area contributed by atoms with Gasteiger partial charge in [0.1, 0.15) is 76.6 Å². The lowest BCUT2D eigenvalue weighted by Crippen LogP contribution is -2.69. The van der Waals surface area contributed by atoms with Gasteiger partial charge in [0, 0.05) is 72.6 Å². The zero-order valence-corrected chi connectivity index (χ0v) is 59.3. The van der Waals surface area contributed by atoms with E-state index in [1.807, 2.05) is 60.7 Å². The Kier molecular flexibility index (Phi) is 48.3. The standard InChI is InChI=1S/2C30H39F3N6O3.9ClH/c2*1-39(15-12-34,16-13-35)14-4-6-24(36)29(42)38-27(28(41)21-8-10-23(11-9-21)30(31,32)33)26(40)18-20-17-22-5-2-3-7-25(22)37-19-20;;;;;;;;;/h2*2-3,5,7-11,17,19,24,27-28,41H,4,6,12-16,18,34-36H2,1H3;9*1H/p+10/t24-,27+,28+;24-,27-,28-;;;;;;;;;/m00........./s1. The van der Waals surface area contributed by atoms with Gasteiger partial charge in [0.2, 0.25) is 11.0 Å². The molecule has 2 amide bonds. The minimum atomic E-state index is -4.54. The van der Waals surface area contributed by atoms with Crippen LogP contribution in [0.15, 0.2) is 122 Å². The van der Waals surface area contributed by atoms with Crippen molar-refractivity contribution < 1.29 is 109 Å². The molecule has 6 rings (SSSR count). The molecule has 0 bridgehead atoms. The SMILES string of the molecule is C[N+](CC[NH3+])(CC[NH3+])CCC[C@H]([NH3+])C(=O)N[C@@H](C(=O)Cc1c[nH+]c2ccccc2c1)[C@@H](O)c1ccc(C(F)(F)F)cc1.C[N+](CC[NH3+])(CC[NH3+])CCC[C@H]([NH3+])C(=O)N[C@H](C(=O)Cc1c[nH+]c2ccccc2c1)[C@H](O)c1ccc(C(F)(F)F)cc1.Cl.Cl.Cl.Cl.Cl.Cl.Cl.Cl.Cl. The molecule has 0 aliphatic rings. The number of alkyl halides is 6. The summed E-state index contributed by atoms with van der Waals surface area (Å²) in [5, 5.41) is 29.4. The van der Waals surface area contributed by atoms with Crippen molar-refractivity contribution in [2.24, 2.45) is 0 Å². The molecule has 0 aliphatic heterocycles. The number of carbonyl (C=O) groups excluding carboxylic acids is 4. The highest BCUT2D eigenvalue weighted by Gasteiger charge is 2.37. The first-order valence-corrected chi connectivity index (χ1v) is 28.4. The Hall–Kier alpha value is -4.23. The van der Waals surface area contributed by atoms with Crippen LogP contribution in [0.2, 0.25) is 0 Å². The summed E-state index contributed by atoms with van der Waals surface area (Å²) in [6, 6.07) is 22.4. The second kappa shape index (κ2) is 46.1. The van der Waals surface area contributed by atoms with E-state index in [2.05, 4.69) is 69.1 Å². The van der Waals surface area contributed by atoms with E-state index in [0.717, 1.165) is 145 Å². The minimum absolute atomic E-state index is 0. The molecule has 2 aromatic heterocycles. The number of Topliss-reactive ketones (excluding diaryl/α,β-unsaturated/α-hetero) is 2. The Morgan fingerprint density at radius 3 is 1.04 bits per heavy atom. The van der Waals surface area contributed by atoms with Crippen LogP contribution in [0.4, 0.5) is 26.3 Å². The third-order valence-corrected chi connectivity index (χ3v) is 15.3. The minimum Gasteiger partial charge on any atom is -0.386 e. The molecule has 93 heavy (non-hydrogen) atoms. The van der Waals surface area contributed by atoms with Gasteiger partial charge >= 0.3 is 12.4 Å². The zero-order valence-electron chi connectivity index (χ0n) is 51.9. The van der Waals surface area contributed by atoms with Gasteiger partial charge in [0.05, 0.1) is 38.3 Å². The number of para-hydroxylation sites is 2. The summed E-state index contributed by atoms with van der Waals surface area (Å²) in [6.45, 7) is 8.35. The van der Waals surface area contributed by atoms with Crippen molar-refractivity contribution in [2.45, 2.75) is 87.3 Å². The van der Waals surface area contributed by atoms with Crippen LogP contribution in [0.25, 0.3) is 21.8 Å². The number of H-pyrrole nitrogens is 2. The monoisotopic (exact) mass is 1510 g/mol. The maximum absolute atomic E-state index is 13.5. The summed E-state index contributed by atoms with van der Waals surface area (Å²) in [5.74, 6) is -1.98. The van der Waals surface area contributed by atoms with Crippen molar-refractivity contribution >= 4 is 157 Å². The smallest absolute Gasteiger partial charge is 0.386 e. The maximum atomic E-state index is 13.5. The highest BCUT2D eigenvalue weighted by atomic mass is 35.5. The Balaban J connectivity index is -0.000000506. The Bertz CT molecular complexity index is 2910. The van der Waals surface area contributed by atoms with Crippen LogP contribution in [0.1, 0.15) is 71.3 Å². The predicted molar refractivity (Wildman–Crippen MR) is 365 cm³/mol. The molecule has 0 unspecified atom stereocenters. The fourth-order valence-corrected chi connectivity index (χ4v) is 10.4. The molecule has 528 valence electrons. The molecule has 0 aliphatic carbocycles. The van der Waals surface area contributed by atoms with Gasteiger partial charge in [-0.1, -0.05) is 48.5 Å². The van der Waals surface area contributed by atoms with E-state index in [1.54, 1.807) is 12.4 Å². The second-order valence-corrected chi connectivity index (χ2v) is 22.3. The number of halogens is 15. The summed E-state index contributed by atoms with van der Waals surface area (Å²) in [7, 11) is 4.27. The first-order chi connectivity index (χ1) is 39.7. The van der Waals surface area contributed by atoms with Crippen LogP contribution in [0, 0.1) is 0 Å². The van der Waals surface area contributed by atoms with Gasteiger partial charge in [0.15, 0.2) is 36.0 Å². The Morgan fingerprint density at radius 2 is 0.763 bits per heavy atom. The Labute approximate surface area is 594 Å². The van der Waals surface area contributed by atoms with Crippen molar-refractivity contribution in [2.75, 3.05) is 79.5 Å². The van der Waals surface area contributed by atoms with Gasteiger partial charge in [-0.2, -0.15) is 26.3 Å². The fraction of sp³-hybridized carbons (Fsp3) is 0.433.